The number of para-hydroxylation sites is 2. The molecule has 0 unspecified atom stereocenters. The average Bonchev–Trinajstić information content (AvgIpc) is 2.66. The third-order valence-corrected chi connectivity index (χ3v) is 1.60. The van der Waals surface area contributed by atoms with Crippen LogP contribution in [-0.4, -0.2) is 0 Å². The van der Waals surface area contributed by atoms with Crippen molar-refractivity contribution in [2.24, 2.45) is 0 Å². The predicted molar refractivity (Wildman–Crippen MR) is 134 cm³/mol. The summed E-state index contributed by atoms with van der Waals surface area (Å²) in [5.41, 5.74) is 12.4. The van der Waals surface area contributed by atoms with Gasteiger partial charge in [-0.05, 0) is 24.3 Å². The van der Waals surface area contributed by atoms with Crippen molar-refractivity contribution in [2.75, 3.05) is 11.5 Å². The number of hydrogen-bond donors (Lipinski definition) is 2. The van der Waals surface area contributed by atoms with E-state index in [2.05, 4.69) is 71.3 Å². The Morgan fingerprint density at radius 2 is 0.710 bits per heavy atom. The SMILES string of the molecule is C[C-](C)C.N#C[S-].N#C[S-].N#C[S-].N#C[S-].Nc1ccccc1.Nc1ccccc1.[Cr]. The Labute approximate surface area is 219 Å². The first kappa shape index (κ1) is 42.5. The van der Waals surface area contributed by atoms with Crippen molar-refractivity contribution in [3.8, 4) is 21.6 Å². The van der Waals surface area contributed by atoms with E-state index < -0.39 is 0 Å². The van der Waals surface area contributed by atoms with Gasteiger partial charge in [0.25, 0.3) is 0 Å². The van der Waals surface area contributed by atoms with Gasteiger partial charge in [0.05, 0.1) is 0 Å². The summed E-state index contributed by atoms with van der Waals surface area (Å²) in [5.74, 6) is 1.42. The van der Waals surface area contributed by atoms with Crippen LogP contribution in [0.15, 0.2) is 60.7 Å². The van der Waals surface area contributed by atoms with Crippen LogP contribution in [0.3, 0.4) is 0 Å². The van der Waals surface area contributed by atoms with E-state index in [0.717, 1.165) is 11.4 Å². The minimum absolute atomic E-state index is 0. The third kappa shape index (κ3) is 98.4. The summed E-state index contributed by atoms with van der Waals surface area (Å²) in [6.07, 6.45) is 0. The van der Waals surface area contributed by atoms with Crippen LogP contribution in [-0.2, 0) is 67.9 Å². The van der Waals surface area contributed by atoms with Crippen molar-refractivity contribution in [1.29, 1.82) is 21.0 Å². The summed E-state index contributed by atoms with van der Waals surface area (Å²) in [6.45, 7) is 6.25. The van der Waals surface area contributed by atoms with Gasteiger partial charge in [-0.25, -0.2) is 21.0 Å². The fourth-order valence-corrected chi connectivity index (χ4v) is 0.906. The number of nitrogen functional groups attached to an aromatic ring is 2. The Kier molecular flexibility index (Phi) is 62.9. The number of thiocyanates is 4. The molecule has 2 aromatic rings. The molecule has 31 heavy (non-hydrogen) atoms. The zero-order valence-electron chi connectivity index (χ0n) is 17.3. The van der Waals surface area contributed by atoms with Gasteiger partial charge in [-0.1, -0.05) is 58.0 Å². The van der Waals surface area contributed by atoms with Crippen LogP contribution < -0.4 is 11.5 Å². The Morgan fingerprint density at radius 3 is 0.774 bits per heavy atom. The molecule has 0 aliphatic carbocycles. The van der Waals surface area contributed by atoms with Gasteiger partial charge in [-0.15, -0.1) is 0 Å². The summed E-state index contributed by atoms with van der Waals surface area (Å²) in [6, 6.07) is 19.0. The van der Waals surface area contributed by atoms with Gasteiger partial charge in [0.1, 0.15) is 0 Å². The van der Waals surface area contributed by atoms with Crippen LogP contribution in [0, 0.1) is 48.6 Å². The van der Waals surface area contributed by atoms with Crippen LogP contribution in [0.25, 0.3) is 0 Å². The predicted octanol–water partition coefficient (Wildman–Crippen LogP) is 4.21. The largest absolute Gasteiger partial charge is 0.696 e. The van der Waals surface area contributed by atoms with Crippen LogP contribution in [0.2, 0.25) is 0 Å². The second-order valence-electron chi connectivity index (χ2n) is 4.69. The fourth-order valence-electron chi connectivity index (χ4n) is 0.906. The number of benzene rings is 2. The molecule has 0 bridgehead atoms. The molecule has 2 rings (SSSR count). The van der Waals surface area contributed by atoms with Crippen molar-refractivity contribution in [3.05, 3.63) is 66.6 Å². The molecule has 0 atom stereocenters. The van der Waals surface area contributed by atoms with Crippen LogP contribution in [0.5, 0.6) is 0 Å². The van der Waals surface area contributed by atoms with Crippen molar-refractivity contribution < 1.29 is 17.4 Å². The smallest absolute Gasteiger partial charge is 0.0313 e. The molecule has 0 radical (unpaired) electrons. The molecule has 0 saturated carbocycles. The van der Waals surface area contributed by atoms with E-state index in [0.29, 0.717) is 0 Å². The molecule has 0 spiro atoms. The van der Waals surface area contributed by atoms with Gasteiger partial charge in [0, 0.05) is 28.7 Å². The molecule has 168 valence electrons. The maximum atomic E-state index is 7.13. The van der Waals surface area contributed by atoms with E-state index in [4.69, 9.17) is 32.5 Å². The van der Waals surface area contributed by atoms with E-state index in [-0.39, 0.29) is 17.4 Å². The third-order valence-electron chi connectivity index (χ3n) is 1.60. The second-order valence-corrected chi connectivity index (χ2v) is 5.42. The van der Waals surface area contributed by atoms with Crippen LogP contribution >= 0.6 is 0 Å². The minimum Gasteiger partial charge on any atom is -0.696 e. The summed E-state index contributed by atoms with van der Waals surface area (Å²) in [7, 11) is 0. The second kappa shape index (κ2) is 45.9. The maximum absolute atomic E-state index is 7.13. The van der Waals surface area contributed by atoms with E-state index >= 15 is 0 Å². The Hall–Kier alpha value is -2.59. The van der Waals surface area contributed by atoms with Crippen molar-refractivity contribution in [1.82, 2.24) is 0 Å². The number of anilines is 2. The zero-order valence-corrected chi connectivity index (χ0v) is 21.8. The molecular weight excluding hydrogens is 505 g/mol. The van der Waals surface area contributed by atoms with E-state index in [1.807, 2.05) is 60.7 Å². The van der Waals surface area contributed by atoms with Crippen molar-refractivity contribution in [2.45, 2.75) is 20.8 Å². The molecule has 11 heteroatoms. The van der Waals surface area contributed by atoms with E-state index in [1.54, 1.807) is 0 Å². The molecule has 0 heterocycles. The first-order valence-corrected chi connectivity index (χ1v) is 9.24. The van der Waals surface area contributed by atoms with Crippen molar-refractivity contribution in [3.63, 3.8) is 0 Å². The summed E-state index contributed by atoms with van der Waals surface area (Å²) >= 11 is 14.8. The molecule has 6 nitrogen and oxygen atoms in total. The van der Waals surface area contributed by atoms with Gasteiger partial charge in [0.15, 0.2) is 0 Å². The average molecular weight is 528 g/mol. The Morgan fingerprint density at radius 1 is 0.581 bits per heavy atom. The standard InChI is InChI=1S/2C6H7N.C4H9.4CHNS.Cr/c2*7-6-4-2-1-3-5-6;1-4(2)3;4*2-1-3;/h2*1-5H,7H2;1-3H3;4*3H;/q;;-1;;;;;/p-4. The molecule has 2 aromatic carbocycles. The van der Waals surface area contributed by atoms with Gasteiger partial charge in [-0.3, -0.25) is 0 Å². The number of nitriles is 4. The van der Waals surface area contributed by atoms with E-state index in [1.165, 1.54) is 27.5 Å². The summed E-state index contributed by atoms with van der Waals surface area (Å²) < 4.78 is 0. The summed E-state index contributed by atoms with van der Waals surface area (Å²) in [5, 5.41) is 33.9. The molecule has 0 amide bonds. The minimum atomic E-state index is 0. The summed E-state index contributed by atoms with van der Waals surface area (Å²) in [4.78, 5) is 0. The van der Waals surface area contributed by atoms with E-state index in [9.17, 15) is 0 Å². The molecule has 0 saturated heterocycles. The first-order chi connectivity index (χ1) is 14.2. The zero-order chi connectivity index (χ0) is 24.6. The Bertz CT molecular complexity index is 634. The maximum Gasteiger partial charge on any atom is 0.0313 e. The Balaban J connectivity index is -0.0000000613. The fraction of sp³-hybridized carbons (Fsp3) is 0.150. The topological polar surface area (TPSA) is 147 Å². The first-order valence-electron chi connectivity index (χ1n) is 7.61. The van der Waals surface area contributed by atoms with Crippen molar-refractivity contribution >= 4 is 61.9 Å². The number of hydrogen-bond acceptors (Lipinski definition) is 10. The van der Waals surface area contributed by atoms with Gasteiger partial charge < -0.3 is 67.9 Å². The quantitative estimate of drug-likeness (QED) is 0.221. The molecule has 0 fully saturated rings. The number of nitrogens with two attached hydrogens (primary N) is 2. The molecular formula is C20H23CrN6S4-5. The molecule has 0 aliphatic rings. The van der Waals surface area contributed by atoms with Gasteiger partial charge in [0.2, 0.25) is 0 Å². The monoisotopic (exact) mass is 527 g/mol. The molecule has 0 aliphatic heterocycles. The van der Waals surface area contributed by atoms with Gasteiger partial charge >= 0.3 is 0 Å². The van der Waals surface area contributed by atoms with Gasteiger partial charge in [-0.2, -0.15) is 20.8 Å². The number of nitrogens with zero attached hydrogens (tertiary/aromatic N) is 4. The van der Waals surface area contributed by atoms with Crippen LogP contribution in [0.1, 0.15) is 20.8 Å². The number of rotatable bonds is 0. The molecule has 4 N–H and O–H groups in total. The molecule has 0 aromatic heterocycles. The normalized spacial score (nSPS) is 5.94. The van der Waals surface area contributed by atoms with Crippen LogP contribution in [0.4, 0.5) is 11.4 Å².